The van der Waals surface area contributed by atoms with Crippen molar-refractivity contribution in [2.75, 3.05) is 23.7 Å². The number of urea groups is 1. The molecule has 1 fully saturated rings. The molecule has 3 rings (SSSR count). The van der Waals surface area contributed by atoms with Gasteiger partial charge in [-0.15, -0.1) is 0 Å². The van der Waals surface area contributed by atoms with Crippen molar-refractivity contribution in [1.82, 2.24) is 4.90 Å². The molecule has 1 aliphatic rings. The quantitative estimate of drug-likeness (QED) is 0.637. The van der Waals surface area contributed by atoms with E-state index in [2.05, 4.69) is 10.6 Å². The number of carbonyl (C=O) groups excluding carboxylic acids is 2. The van der Waals surface area contributed by atoms with Gasteiger partial charge in [0.05, 0.1) is 10.7 Å². The second-order valence-corrected chi connectivity index (χ2v) is 8.37. The molecule has 2 aromatic carbocycles. The van der Waals surface area contributed by atoms with Gasteiger partial charge in [0.25, 0.3) is 0 Å². The van der Waals surface area contributed by atoms with E-state index in [9.17, 15) is 9.59 Å². The Morgan fingerprint density at radius 3 is 2.31 bits per heavy atom. The van der Waals surface area contributed by atoms with Crippen LogP contribution in [0.5, 0.6) is 0 Å². The topological polar surface area (TPSA) is 61.4 Å². The van der Waals surface area contributed by atoms with Crippen molar-refractivity contribution in [3.8, 4) is 0 Å². The van der Waals surface area contributed by atoms with Crippen LogP contribution in [-0.4, -0.2) is 29.9 Å². The second kappa shape index (κ2) is 9.51. The molecule has 154 valence electrons. The highest BCUT2D eigenvalue weighted by Gasteiger charge is 2.30. The van der Waals surface area contributed by atoms with Crippen LogP contribution < -0.4 is 10.6 Å². The first-order chi connectivity index (χ1) is 13.8. The monoisotopic (exact) mass is 433 g/mol. The fourth-order valence-corrected chi connectivity index (χ4v) is 3.93. The van der Waals surface area contributed by atoms with Crippen LogP contribution in [0, 0.1) is 18.8 Å². The molecule has 1 atom stereocenters. The van der Waals surface area contributed by atoms with Crippen molar-refractivity contribution in [1.29, 1.82) is 0 Å². The number of carbonyl (C=O) groups is 2. The molecule has 2 aromatic rings. The van der Waals surface area contributed by atoms with Gasteiger partial charge in [-0.1, -0.05) is 36.2 Å². The molecule has 0 spiro atoms. The van der Waals surface area contributed by atoms with Crippen LogP contribution >= 0.6 is 23.2 Å². The molecule has 1 aliphatic heterocycles. The third kappa shape index (κ3) is 5.64. The smallest absolute Gasteiger partial charge is 0.321 e. The number of nitrogens with zero attached hydrogens (tertiary/aromatic N) is 1. The summed E-state index contributed by atoms with van der Waals surface area (Å²) in [6, 6.07) is 12.5. The third-order valence-electron chi connectivity index (χ3n) is 5.43. The molecule has 3 amide bonds. The van der Waals surface area contributed by atoms with Gasteiger partial charge in [-0.3, -0.25) is 4.79 Å². The Labute approximate surface area is 181 Å². The van der Waals surface area contributed by atoms with Gasteiger partial charge in [0, 0.05) is 29.7 Å². The molecular formula is C22H25Cl2N3O2. The fourth-order valence-electron chi connectivity index (χ4n) is 3.52. The van der Waals surface area contributed by atoms with Crippen LogP contribution in [0.15, 0.2) is 42.5 Å². The van der Waals surface area contributed by atoms with Gasteiger partial charge in [0.15, 0.2) is 0 Å². The third-order valence-corrected chi connectivity index (χ3v) is 5.99. The Bertz CT molecular complexity index is 878. The number of rotatable bonds is 4. The normalized spacial score (nSPS) is 15.7. The molecule has 29 heavy (non-hydrogen) atoms. The molecule has 1 heterocycles. The Kier molecular flexibility index (Phi) is 7.04. The zero-order chi connectivity index (χ0) is 21.0. The summed E-state index contributed by atoms with van der Waals surface area (Å²) in [6.45, 7) is 5.13. The summed E-state index contributed by atoms with van der Waals surface area (Å²) in [6.07, 6.45) is 1.56. The van der Waals surface area contributed by atoms with E-state index in [1.165, 1.54) is 0 Å². The molecule has 5 nitrogen and oxygen atoms in total. The number of hydrogen-bond acceptors (Lipinski definition) is 2. The molecule has 0 radical (unpaired) electrons. The maximum Gasteiger partial charge on any atom is 0.321 e. The lowest BCUT2D eigenvalue weighted by Gasteiger charge is -2.34. The lowest BCUT2D eigenvalue weighted by molar-refractivity contribution is -0.121. The number of piperidine rings is 1. The maximum absolute atomic E-state index is 12.7. The number of likely N-dealkylation sites (tertiary alicyclic amines) is 1. The van der Waals surface area contributed by atoms with E-state index in [4.69, 9.17) is 23.2 Å². The van der Waals surface area contributed by atoms with Crippen LogP contribution in [0.4, 0.5) is 16.2 Å². The number of halogens is 2. The second-order valence-electron chi connectivity index (χ2n) is 7.52. The Balaban J connectivity index is 1.50. The van der Waals surface area contributed by atoms with Crippen LogP contribution in [-0.2, 0) is 4.79 Å². The van der Waals surface area contributed by atoms with Crippen molar-refractivity contribution in [3.05, 3.63) is 58.1 Å². The summed E-state index contributed by atoms with van der Waals surface area (Å²) in [7, 11) is 0. The number of nitrogens with one attached hydrogen (secondary N) is 2. The fraction of sp³-hybridized carbons (Fsp3) is 0.364. The SMILES string of the molecule is Cc1ccc(NC(=O)[C@H](C)C2CCN(C(=O)Nc3ccc(Cl)cc3)CC2)c(Cl)c1. The summed E-state index contributed by atoms with van der Waals surface area (Å²) >= 11 is 12.1. The Morgan fingerprint density at radius 1 is 1.03 bits per heavy atom. The highest BCUT2D eigenvalue weighted by molar-refractivity contribution is 6.33. The summed E-state index contributed by atoms with van der Waals surface area (Å²) in [5.41, 5.74) is 2.39. The predicted molar refractivity (Wildman–Crippen MR) is 119 cm³/mol. The van der Waals surface area contributed by atoms with Gasteiger partial charge < -0.3 is 15.5 Å². The molecule has 2 N–H and O–H groups in total. The summed E-state index contributed by atoms with van der Waals surface area (Å²) < 4.78 is 0. The Hall–Kier alpha value is -2.24. The number of amides is 3. The van der Waals surface area contributed by atoms with Gasteiger partial charge >= 0.3 is 6.03 Å². The largest absolute Gasteiger partial charge is 0.325 e. The molecule has 7 heteroatoms. The number of hydrogen-bond donors (Lipinski definition) is 2. The average molecular weight is 434 g/mol. The number of anilines is 2. The number of aryl methyl sites for hydroxylation is 1. The summed E-state index contributed by atoms with van der Waals surface area (Å²) in [5.74, 6) is 0.0208. The lowest BCUT2D eigenvalue weighted by atomic mass is 9.85. The lowest BCUT2D eigenvalue weighted by Crippen LogP contribution is -2.43. The predicted octanol–water partition coefficient (Wildman–Crippen LogP) is 5.82. The minimum Gasteiger partial charge on any atom is -0.325 e. The van der Waals surface area contributed by atoms with E-state index < -0.39 is 0 Å². The molecule has 0 aliphatic carbocycles. The van der Waals surface area contributed by atoms with Gasteiger partial charge in [-0.2, -0.15) is 0 Å². The standard InChI is InChI=1S/C22H25Cl2N3O2/c1-14-3-8-20(19(24)13-14)26-21(28)15(2)16-9-11-27(12-10-16)22(29)25-18-6-4-17(23)5-7-18/h3-8,13,15-16H,9-12H2,1-2H3,(H,25,29)(H,26,28)/t15-/m1/s1. The van der Waals surface area contributed by atoms with Gasteiger partial charge in [-0.25, -0.2) is 4.79 Å². The summed E-state index contributed by atoms with van der Waals surface area (Å²) in [4.78, 5) is 26.9. The molecule has 1 saturated heterocycles. The van der Waals surface area contributed by atoms with Crippen LogP contribution in [0.1, 0.15) is 25.3 Å². The molecule has 0 bridgehead atoms. The minimum absolute atomic E-state index is 0.0418. The highest BCUT2D eigenvalue weighted by Crippen LogP contribution is 2.28. The molecule has 0 unspecified atom stereocenters. The zero-order valence-corrected chi connectivity index (χ0v) is 18.1. The van der Waals surface area contributed by atoms with E-state index in [-0.39, 0.29) is 23.8 Å². The van der Waals surface area contributed by atoms with E-state index in [1.54, 1.807) is 29.2 Å². The first-order valence-corrected chi connectivity index (χ1v) is 10.5. The summed E-state index contributed by atoms with van der Waals surface area (Å²) in [5, 5.41) is 6.98. The van der Waals surface area contributed by atoms with Crippen molar-refractivity contribution >= 4 is 46.5 Å². The van der Waals surface area contributed by atoms with E-state index in [0.717, 1.165) is 18.4 Å². The highest BCUT2D eigenvalue weighted by atomic mass is 35.5. The first kappa shape index (κ1) is 21.5. The number of benzene rings is 2. The van der Waals surface area contributed by atoms with Crippen molar-refractivity contribution in [3.63, 3.8) is 0 Å². The molecule has 0 aromatic heterocycles. The first-order valence-electron chi connectivity index (χ1n) is 9.72. The molecule has 0 saturated carbocycles. The van der Waals surface area contributed by atoms with E-state index >= 15 is 0 Å². The van der Waals surface area contributed by atoms with Crippen LogP contribution in [0.3, 0.4) is 0 Å². The van der Waals surface area contributed by atoms with Gasteiger partial charge in [0.2, 0.25) is 5.91 Å². The van der Waals surface area contributed by atoms with Crippen molar-refractivity contribution in [2.24, 2.45) is 11.8 Å². The zero-order valence-electron chi connectivity index (χ0n) is 16.5. The van der Waals surface area contributed by atoms with Gasteiger partial charge in [0.1, 0.15) is 0 Å². The Morgan fingerprint density at radius 2 is 1.69 bits per heavy atom. The van der Waals surface area contributed by atoms with Crippen LogP contribution in [0.2, 0.25) is 10.0 Å². The maximum atomic E-state index is 12.7. The van der Waals surface area contributed by atoms with Crippen LogP contribution in [0.25, 0.3) is 0 Å². The average Bonchev–Trinajstić information content (AvgIpc) is 2.71. The van der Waals surface area contributed by atoms with E-state index in [0.29, 0.717) is 34.5 Å². The van der Waals surface area contributed by atoms with Crippen molar-refractivity contribution < 1.29 is 9.59 Å². The minimum atomic E-state index is -0.158. The van der Waals surface area contributed by atoms with E-state index in [1.807, 2.05) is 32.0 Å². The van der Waals surface area contributed by atoms with Crippen molar-refractivity contribution in [2.45, 2.75) is 26.7 Å². The van der Waals surface area contributed by atoms with Gasteiger partial charge in [-0.05, 0) is 67.6 Å². The molecular weight excluding hydrogens is 409 g/mol.